The second-order valence-corrected chi connectivity index (χ2v) is 3.81. The summed E-state index contributed by atoms with van der Waals surface area (Å²) in [4.78, 5) is 12.3. The Morgan fingerprint density at radius 1 is 1.67 bits per heavy atom. The Labute approximate surface area is 87.1 Å². The first-order chi connectivity index (χ1) is 7.09. The molecule has 0 radical (unpaired) electrons. The lowest BCUT2D eigenvalue weighted by molar-refractivity contribution is -0.137. The van der Waals surface area contributed by atoms with Gasteiger partial charge in [-0.2, -0.15) is 0 Å². The minimum atomic E-state index is -0.847. The maximum atomic E-state index is 13.5. The van der Waals surface area contributed by atoms with Crippen molar-refractivity contribution in [1.82, 2.24) is 0 Å². The average Bonchev–Trinajstić information content (AvgIpc) is 2.44. The molecule has 0 fully saturated rings. The molecule has 1 atom stereocenters. The van der Waals surface area contributed by atoms with Crippen LogP contribution in [0.5, 0.6) is 0 Å². The quantitative estimate of drug-likeness (QED) is 0.805. The molecule has 15 heavy (non-hydrogen) atoms. The van der Waals surface area contributed by atoms with Gasteiger partial charge in [0.1, 0.15) is 5.82 Å². The first kappa shape index (κ1) is 9.96. The van der Waals surface area contributed by atoms with E-state index in [1.165, 1.54) is 6.07 Å². The smallest absolute Gasteiger partial charge is 0.305 e. The highest BCUT2D eigenvalue weighted by atomic mass is 19.1. The average molecular weight is 209 g/mol. The summed E-state index contributed by atoms with van der Waals surface area (Å²) in [5, 5.41) is 8.72. The topological polar surface area (TPSA) is 40.5 Å². The number of nitrogens with zero attached hydrogens (tertiary/aromatic N) is 1. The molecule has 0 aliphatic carbocycles. The molecular formula is C11H12FNO2. The van der Waals surface area contributed by atoms with Gasteiger partial charge in [-0.25, -0.2) is 4.39 Å². The highest BCUT2D eigenvalue weighted by molar-refractivity contribution is 5.70. The van der Waals surface area contributed by atoms with Gasteiger partial charge in [-0.1, -0.05) is 12.1 Å². The van der Waals surface area contributed by atoms with Crippen LogP contribution in [0.1, 0.15) is 12.0 Å². The van der Waals surface area contributed by atoms with E-state index in [1.807, 2.05) is 6.07 Å². The van der Waals surface area contributed by atoms with E-state index >= 15 is 0 Å². The third-order valence-electron chi connectivity index (χ3n) is 2.84. The van der Waals surface area contributed by atoms with Crippen LogP contribution in [0.25, 0.3) is 0 Å². The van der Waals surface area contributed by atoms with Gasteiger partial charge in [0, 0.05) is 13.1 Å². The van der Waals surface area contributed by atoms with Gasteiger partial charge in [-0.3, -0.25) is 4.79 Å². The molecule has 1 aliphatic heterocycles. The van der Waals surface area contributed by atoms with Crippen molar-refractivity contribution in [1.29, 1.82) is 0 Å². The van der Waals surface area contributed by atoms with E-state index in [9.17, 15) is 9.18 Å². The normalized spacial score (nSPS) is 19.1. The summed E-state index contributed by atoms with van der Waals surface area (Å²) < 4.78 is 13.5. The number of carboxylic acid groups (broad SMARTS) is 1. The van der Waals surface area contributed by atoms with E-state index in [2.05, 4.69) is 0 Å². The summed E-state index contributed by atoms with van der Waals surface area (Å²) in [5.41, 5.74) is 1.44. The lowest BCUT2D eigenvalue weighted by Gasteiger charge is -2.21. The largest absolute Gasteiger partial charge is 0.481 e. The van der Waals surface area contributed by atoms with Gasteiger partial charge in [-0.15, -0.1) is 0 Å². The molecule has 0 saturated heterocycles. The highest BCUT2D eigenvalue weighted by Crippen LogP contribution is 2.34. The van der Waals surface area contributed by atoms with E-state index in [-0.39, 0.29) is 18.3 Å². The third-order valence-corrected chi connectivity index (χ3v) is 2.84. The van der Waals surface area contributed by atoms with Gasteiger partial charge < -0.3 is 10.0 Å². The Hall–Kier alpha value is -1.58. The first-order valence-electron chi connectivity index (χ1n) is 4.81. The number of aliphatic carboxylic acids is 1. The predicted molar refractivity (Wildman–Crippen MR) is 54.5 cm³/mol. The molecule has 1 aromatic rings. The van der Waals surface area contributed by atoms with Crippen LogP contribution in [0.2, 0.25) is 0 Å². The fourth-order valence-corrected chi connectivity index (χ4v) is 2.10. The maximum Gasteiger partial charge on any atom is 0.305 e. The molecule has 0 bridgehead atoms. The number of anilines is 1. The SMILES string of the molecule is CN1c2c(F)cccc2CC1CC(=O)O. The van der Waals surface area contributed by atoms with Crippen molar-refractivity contribution in [2.75, 3.05) is 11.9 Å². The molecule has 1 aromatic carbocycles. The van der Waals surface area contributed by atoms with Gasteiger partial charge in [0.2, 0.25) is 0 Å². The van der Waals surface area contributed by atoms with Gasteiger partial charge >= 0.3 is 5.97 Å². The summed E-state index contributed by atoms with van der Waals surface area (Å²) >= 11 is 0. The molecule has 1 N–H and O–H groups in total. The van der Waals surface area contributed by atoms with Gasteiger partial charge in [0.05, 0.1) is 12.1 Å². The lowest BCUT2D eigenvalue weighted by atomic mass is 10.1. The molecule has 3 nitrogen and oxygen atoms in total. The number of carboxylic acids is 1. The first-order valence-corrected chi connectivity index (χ1v) is 4.81. The number of hydrogen-bond donors (Lipinski definition) is 1. The number of halogens is 1. The van der Waals surface area contributed by atoms with E-state index in [1.54, 1.807) is 18.0 Å². The lowest BCUT2D eigenvalue weighted by Crippen LogP contribution is -2.30. The highest BCUT2D eigenvalue weighted by Gasteiger charge is 2.30. The van der Waals surface area contributed by atoms with Crippen LogP contribution < -0.4 is 4.90 Å². The summed E-state index contributed by atoms with van der Waals surface area (Å²) in [6.07, 6.45) is 0.653. The predicted octanol–water partition coefficient (Wildman–Crippen LogP) is 1.66. The Bertz CT molecular complexity index is 406. The van der Waals surface area contributed by atoms with Crippen molar-refractivity contribution < 1.29 is 14.3 Å². The molecule has 0 amide bonds. The number of fused-ring (bicyclic) bond motifs is 1. The third kappa shape index (κ3) is 1.67. The molecule has 1 heterocycles. The number of hydrogen-bond acceptors (Lipinski definition) is 2. The fourth-order valence-electron chi connectivity index (χ4n) is 2.10. The summed E-state index contributed by atoms with van der Waals surface area (Å²) in [6.45, 7) is 0. The number of carbonyl (C=O) groups is 1. The number of rotatable bonds is 2. The van der Waals surface area contributed by atoms with E-state index in [4.69, 9.17) is 5.11 Å². The Morgan fingerprint density at radius 2 is 2.40 bits per heavy atom. The van der Waals surface area contributed by atoms with Crippen molar-refractivity contribution in [2.24, 2.45) is 0 Å². The molecular weight excluding hydrogens is 197 g/mol. The van der Waals surface area contributed by atoms with Crippen molar-refractivity contribution in [2.45, 2.75) is 18.9 Å². The van der Waals surface area contributed by atoms with E-state index in [0.29, 0.717) is 12.1 Å². The van der Waals surface area contributed by atoms with Gasteiger partial charge in [0.25, 0.3) is 0 Å². The maximum absolute atomic E-state index is 13.5. The van der Waals surface area contributed by atoms with Gasteiger partial charge in [0.15, 0.2) is 0 Å². The summed E-state index contributed by atoms with van der Waals surface area (Å²) in [5.74, 6) is -1.12. The minimum absolute atomic E-state index is 0.0462. The molecule has 2 rings (SSSR count). The number of para-hydroxylation sites is 1. The zero-order valence-corrected chi connectivity index (χ0v) is 8.40. The molecule has 80 valence electrons. The second-order valence-electron chi connectivity index (χ2n) is 3.81. The summed E-state index contributed by atoms with van der Waals surface area (Å²) in [7, 11) is 1.74. The van der Waals surface area contributed by atoms with Crippen molar-refractivity contribution in [3.63, 3.8) is 0 Å². The minimum Gasteiger partial charge on any atom is -0.481 e. The fraction of sp³-hybridized carbons (Fsp3) is 0.364. The Balaban J connectivity index is 2.29. The van der Waals surface area contributed by atoms with Crippen LogP contribution in [0.15, 0.2) is 18.2 Å². The Kier molecular flexibility index (Phi) is 2.34. The Morgan fingerprint density at radius 3 is 3.00 bits per heavy atom. The molecule has 0 spiro atoms. The van der Waals surface area contributed by atoms with E-state index in [0.717, 1.165) is 5.56 Å². The number of benzene rings is 1. The molecule has 0 saturated carbocycles. The zero-order chi connectivity index (χ0) is 11.0. The van der Waals surface area contributed by atoms with Crippen LogP contribution >= 0.6 is 0 Å². The standard InChI is InChI=1S/C11H12FNO2/c1-13-8(6-10(14)15)5-7-3-2-4-9(12)11(7)13/h2-4,8H,5-6H2,1H3,(H,14,15). The molecule has 4 heteroatoms. The van der Waals surface area contributed by atoms with Crippen molar-refractivity contribution in [3.8, 4) is 0 Å². The van der Waals surface area contributed by atoms with Gasteiger partial charge in [-0.05, 0) is 18.1 Å². The number of likely N-dealkylation sites (N-methyl/N-ethyl adjacent to an activating group) is 1. The molecule has 1 unspecified atom stereocenters. The van der Waals surface area contributed by atoms with Crippen LogP contribution in [0.4, 0.5) is 10.1 Å². The van der Waals surface area contributed by atoms with Crippen LogP contribution in [0.3, 0.4) is 0 Å². The molecule has 0 aromatic heterocycles. The second kappa shape index (κ2) is 3.53. The van der Waals surface area contributed by atoms with Crippen LogP contribution in [-0.2, 0) is 11.2 Å². The van der Waals surface area contributed by atoms with Crippen molar-refractivity contribution in [3.05, 3.63) is 29.6 Å². The van der Waals surface area contributed by atoms with Crippen LogP contribution in [0, 0.1) is 5.82 Å². The monoisotopic (exact) mass is 209 g/mol. The molecule has 1 aliphatic rings. The van der Waals surface area contributed by atoms with E-state index < -0.39 is 5.97 Å². The van der Waals surface area contributed by atoms with Crippen molar-refractivity contribution >= 4 is 11.7 Å². The zero-order valence-electron chi connectivity index (χ0n) is 8.40. The van der Waals surface area contributed by atoms with Crippen LogP contribution in [-0.4, -0.2) is 24.2 Å². The summed E-state index contributed by atoms with van der Waals surface area (Å²) in [6, 6.07) is 4.77.